The lowest BCUT2D eigenvalue weighted by molar-refractivity contribution is -0.131. The van der Waals surface area contributed by atoms with E-state index in [2.05, 4.69) is 17.1 Å². The first-order valence-electron chi connectivity index (χ1n) is 7.38. The molecule has 0 saturated carbocycles. The van der Waals surface area contributed by atoms with E-state index in [1.54, 1.807) is 0 Å². The van der Waals surface area contributed by atoms with E-state index in [1.807, 2.05) is 11.8 Å². The zero-order chi connectivity index (χ0) is 12.8. The van der Waals surface area contributed by atoms with Gasteiger partial charge in [0.05, 0.1) is 0 Å². The van der Waals surface area contributed by atoms with Crippen molar-refractivity contribution in [1.29, 1.82) is 0 Å². The van der Waals surface area contributed by atoms with Crippen LogP contribution < -0.4 is 5.32 Å². The molecule has 0 bridgehead atoms. The molecule has 0 aliphatic carbocycles. The summed E-state index contributed by atoms with van der Waals surface area (Å²) in [6, 6.07) is 0.404. The maximum atomic E-state index is 12.3. The van der Waals surface area contributed by atoms with Gasteiger partial charge in [0, 0.05) is 43.6 Å². The highest BCUT2D eigenvalue weighted by molar-refractivity contribution is 7.99. The number of nitrogens with one attached hydrogen (secondary N) is 1. The summed E-state index contributed by atoms with van der Waals surface area (Å²) in [5, 5.41) is 3.46. The van der Waals surface area contributed by atoms with Crippen molar-refractivity contribution < 1.29 is 4.79 Å². The van der Waals surface area contributed by atoms with Crippen molar-refractivity contribution in [2.75, 3.05) is 31.1 Å². The summed E-state index contributed by atoms with van der Waals surface area (Å²) in [5.74, 6) is 3.49. The summed E-state index contributed by atoms with van der Waals surface area (Å²) in [6.45, 7) is 5.29. The minimum atomic E-state index is 0. The predicted octanol–water partition coefficient (Wildman–Crippen LogP) is 2.54. The maximum absolute atomic E-state index is 12.3. The average Bonchev–Trinajstić information content (AvgIpc) is 2.65. The quantitative estimate of drug-likeness (QED) is 0.870. The van der Waals surface area contributed by atoms with Gasteiger partial charge in [-0.05, 0) is 25.2 Å². The molecule has 2 unspecified atom stereocenters. The molecule has 2 saturated heterocycles. The number of hydrogen-bond donors (Lipinski definition) is 1. The Labute approximate surface area is 127 Å². The molecule has 112 valence electrons. The number of carbonyl (C=O) groups excluding carboxylic acids is 1. The van der Waals surface area contributed by atoms with Crippen LogP contribution in [0.2, 0.25) is 0 Å². The first-order chi connectivity index (χ1) is 8.79. The van der Waals surface area contributed by atoms with Crippen LogP contribution in [0, 0.1) is 5.92 Å². The van der Waals surface area contributed by atoms with Crippen LogP contribution in [0.5, 0.6) is 0 Å². The van der Waals surface area contributed by atoms with Crippen molar-refractivity contribution in [3.05, 3.63) is 0 Å². The van der Waals surface area contributed by atoms with Crippen molar-refractivity contribution in [2.45, 2.75) is 45.1 Å². The molecule has 2 aliphatic heterocycles. The van der Waals surface area contributed by atoms with Gasteiger partial charge in [-0.25, -0.2) is 0 Å². The highest BCUT2D eigenvalue weighted by atomic mass is 35.5. The van der Waals surface area contributed by atoms with Crippen LogP contribution in [0.3, 0.4) is 0 Å². The van der Waals surface area contributed by atoms with E-state index in [-0.39, 0.29) is 12.4 Å². The molecule has 3 nitrogen and oxygen atoms in total. The molecule has 2 atom stereocenters. The van der Waals surface area contributed by atoms with E-state index in [0.29, 0.717) is 18.4 Å². The lowest BCUT2D eigenvalue weighted by atomic mass is 9.98. The minimum Gasteiger partial charge on any atom is -0.343 e. The number of thioether (sulfide) groups is 1. The van der Waals surface area contributed by atoms with Gasteiger partial charge in [0.2, 0.25) is 5.91 Å². The van der Waals surface area contributed by atoms with Gasteiger partial charge in [-0.15, -0.1) is 12.4 Å². The van der Waals surface area contributed by atoms with Gasteiger partial charge in [-0.1, -0.05) is 13.3 Å². The highest BCUT2D eigenvalue weighted by Crippen LogP contribution is 2.21. The fourth-order valence-corrected chi connectivity index (χ4v) is 3.86. The lowest BCUT2D eigenvalue weighted by Crippen LogP contribution is -2.42. The second-order valence-corrected chi connectivity index (χ2v) is 6.67. The Kier molecular flexibility index (Phi) is 8.19. The van der Waals surface area contributed by atoms with E-state index in [1.165, 1.54) is 31.4 Å². The molecule has 0 aromatic carbocycles. The van der Waals surface area contributed by atoms with Gasteiger partial charge in [-0.2, -0.15) is 11.8 Å². The van der Waals surface area contributed by atoms with E-state index < -0.39 is 0 Å². The van der Waals surface area contributed by atoms with Crippen molar-refractivity contribution >= 4 is 30.1 Å². The van der Waals surface area contributed by atoms with Crippen LogP contribution in [-0.4, -0.2) is 48.0 Å². The monoisotopic (exact) mass is 306 g/mol. The maximum Gasteiger partial charge on any atom is 0.224 e. The predicted molar refractivity (Wildman–Crippen MR) is 85.2 cm³/mol. The van der Waals surface area contributed by atoms with E-state index in [4.69, 9.17) is 0 Å². The van der Waals surface area contributed by atoms with Crippen LogP contribution in [0.4, 0.5) is 0 Å². The molecule has 2 rings (SSSR count). The van der Waals surface area contributed by atoms with E-state index in [0.717, 1.165) is 31.3 Å². The molecule has 0 aromatic heterocycles. The summed E-state index contributed by atoms with van der Waals surface area (Å²) in [5.41, 5.74) is 0. The Balaban J connectivity index is 0.00000180. The Morgan fingerprint density at radius 3 is 2.89 bits per heavy atom. The SMILES string of the molecule is CCC1CCCN(C(=O)CC2CSCCN2)CC1.Cl. The molecule has 0 spiro atoms. The Hall–Kier alpha value is 0.0700. The molecule has 0 aromatic rings. The fourth-order valence-electron chi connectivity index (χ4n) is 2.91. The molecule has 5 heteroatoms. The van der Waals surface area contributed by atoms with E-state index >= 15 is 0 Å². The molecule has 1 N–H and O–H groups in total. The fraction of sp³-hybridized carbons (Fsp3) is 0.929. The van der Waals surface area contributed by atoms with Gasteiger partial charge in [0.15, 0.2) is 0 Å². The van der Waals surface area contributed by atoms with Gasteiger partial charge >= 0.3 is 0 Å². The number of carbonyl (C=O) groups is 1. The first-order valence-corrected chi connectivity index (χ1v) is 8.54. The number of rotatable bonds is 3. The second kappa shape index (κ2) is 9.09. The third-order valence-corrected chi connectivity index (χ3v) is 5.33. The zero-order valence-corrected chi connectivity index (χ0v) is 13.5. The number of halogens is 1. The summed E-state index contributed by atoms with van der Waals surface area (Å²) in [6.07, 6.45) is 5.66. The van der Waals surface area contributed by atoms with E-state index in [9.17, 15) is 4.79 Å². The Morgan fingerprint density at radius 1 is 1.37 bits per heavy atom. The van der Waals surface area contributed by atoms with Crippen molar-refractivity contribution in [3.8, 4) is 0 Å². The minimum absolute atomic E-state index is 0. The standard InChI is InChI=1S/C14H26N2OS.ClH/c1-2-12-4-3-7-16(8-5-12)14(17)10-13-11-18-9-6-15-13;/h12-13,15H,2-11H2,1H3;1H. The van der Waals surface area contributed by atoms with Gasteiger partial charge in [-0.3, -0.25) is 4.79 Å². The molecule has 0 radical (unpaired) electrons. The molecule has 2 heterocycles. The van der Waals surface area contributed by atoms with Crippen molar-refractivity contribution in [3.63, 3.8) is 0 Å². The second-order valence-electron chi connectivity index (χ2n) is 5.52. The number of hydrogen-bond acceptors (Lipinski definition) is 3. The summed E-state index contributed by atoms with van der Waals surface area (Å²) < 4.78 is 0. The topological polar surface area (TPSA) is 32.3 Å². The smallest absolute Gasteiger partial charge is 0.224 e. The Morgan fingerprint density at radius 2 is 2.21 bits per heavy atom. The summed E-state index contributed by atoms with van der Waals surface area (Å²) in [4.78, 5) is 14.4. The number of amides is 1. The third kappa shape index (κ3) is 5.52. The largest absolute Gasteiger partial charge is 0.343 e. The van der Waals surface area contributed by atoms with Crippen LogP contribution in [0.1, 0.15) is 39.0 Å². The number of likely N-dealkylation sites (tertiary alicyclic amines) is 1. The molecule has 2 aliphatic rings. The summed E-state index contributed by atoms with van der Waals surface area (Å²) in [7, 11) is 0. The molecule has 2 fully saturated rings. The molecular weight excluding hydrogens is 280 g/mol. The average molecular weight is 307 g/mol. The van der Waals surface area contributed by atoms with Gasteiger partial charge < -0.3 is 10.2 Å². The highest BCUT2D eigenvalue weighted by Gasteiger charge is 2.23. The van der Waals surface area contributed by atoms with Gasteiger partial charge in [0.1, 0.15) is 0 Å². The molecule has 19 heavy (non-hydrogen) atoms. The number of nitrogens with zero attached hydrogens (tertiary/aromatic N) is 1. The molecule has 1 amide bonds. The van der Waals surface area contributed by atoms with Crippen molar-refractivity contribution in [1.82, 2.24) is 10.2 Å². The van der Waals surface area contributed by atoms with Crippen molar-refractivity contribution in [2.24, 2.45) is 5.92 Å². The van der Waals surface area contributed by atoms with Crippen LogP contribution in [-0.2, 0) is 4.79 Å². The van der Waals surface area contributed by atoms with Crippen LogP contribution in [0.25, 0.3) is 0 Å². The zero-order valence-electron chi connectivity index (χ0n) is 11.9. The first kappa shape index (κ1) is 17.1. The van der Waals surface area contributed by atoms with Crippen LogP contribution in [0.15, 0.2) is 0 Å². The lowest BCUT2D eigenvalue weighted by Gasteiger charge is -2.26. The third-order valence-electron chi connectivity index (χ3n) is 4.20. The normalized spacial score (nSPS) is 28.4. The van der Waals surface area contributed by atoms with Crippen LogP contribution >= 0.6 is 24.2 Å². The summed E-state index contributed by atoms with van der Waals surface area (Å²) >= 11 is 1.97. The Bertz CT molecular complexity index is 272. The molecular formula is C14H27ClN2OS. The van der Waals surface area contributed by atoms with Gasteiger partial charge in [0.25, 0.3) is 0 Å².